The second-order valence-electron chi connectivity index (χ2n) is 5.27. The molecule has 0 fully saturated rings. The fraction of sp³-hybridized carbons (Fsp3) is 0.316. The molecule has 0 heterocycles. The summed E-state index contributed by atoms with van der Waals surface area (Å²) in [4.78, 5) is 10.3. The van der Waals surface area contributed by atoms with Crippen LogP contribution in [0.15, 0.2) is 48.5 Å². The maximum absolute atomic E-state index is 10.3. The van der Waals surface area contributed by atoms with Gasteiger partial charge >= 0.3 is 0 Å². The highest BCUT2D eigenvalue weighted by Crippen LogP contribution is 2.15. The van der Waals surface area contributed by atoms with Gasteiger partial charge in [0.05, 0.1) is 6.61 Å². The molecule has 0 aliphatic rings. The summed E-state index contributed by atoms with van der Waals surface area (Å²) in [5.74, 6) is 0.962. The Morgan fingerprint density at radius 1 is 1.05 bits per heavy atom. The zero-order chi connectivity index (χ0) is 15.6. The van der Waals surface area contributed by atoms with E-state index in [0.717, 1.165) is 43.7 Å². The highest BCUT2D eigenvalue weighted by molar-refractivity contribution is 5.71. The molecule has 0 unspecified atom stereocenters. The minimum atomic E-state index is 0.694. The van der Waals surface area contributed by atoms with E-state index >= 15 is 0 Å². The van der Waals surface area contributed by atoms with Gasteiger partial charge in [-0.05, 0) is 61.1 Å². The van der Waals surface area contributed by atoms with Crippen LogP contribution < -0.4 is 10.1 Å². The standard InChI is InChI=1S/C19H23NO2/c1-2-16-7-5-8-19(14-16)22-13-4-3-6-17-9-11-18(12-10-17)20-15-21/h5,7-12,14-15H,2-4,6,13H2,1H3,(H,20,21). The Bertz CT molecular complexity index is 578. The van der Waals surface area contributed by atoms with E-state index in [9.17, 15) is 4.79 Å². The molecule has 3 heteroatoms. The van der Waals surface area contributed by atoms with Crippen molar-refractivity contribution in [2.24, 2.45) is 0 Å². The van der Waals surface area contributed by atoms with Crippen molar-refractivity contribution >= 4 is 12.1 Å². The first kappa shape index (κ1) is 16.1. The van der Waals surface area contributed by atoms with Crippen LogP contribution in [0.3, 0.4) is 0 Å². The van der Waals surface area contributed by atoms with E-state index in [1.165, 1.54) is 11.1 Å². The van der Waals surface area contributed by atoms with Gasteiger partial charge in [0.2, 0.25) is 6.41 Å². The van der Waals surface area contributed by atoms with Crippen LogP contribution in [0.2, 0.25) is 0 Å². The molecule has 0 aliphatic carbocycles. The van der Waals surface area contributed by atoms with Crippen LogP contribution in [0.4, 0.5) is 5.69 Å². The van der Waals surface area contributed by atoms with Crippen molar-refractivity contribution in [2.45, 2.75) is 32.6 Å². The van der Waals surface area contributed by atoms with Gasteiger partial charge < -0.3 is 10.1 Å². The van der Waals surface area contributed by atoms with Gasteiger partial charge in [-0.2, -0.15) is 0 Å². The van der Waals surface area contributed by atoms with Crippen molar-refractivity contribution in [1.82, 2.24) is 0 Å². The van der Waals surface area contributed by atoms with Gasteiger partial charge in [-0.3, -0.25) is 4.79 Å². The lowest BCUT2D eigenvalue weighted by Gasteiger charge is -2.08. The number of aryl methyl sites for hydroxylation is 2. The molecule has 22 heavy (non-hydrogen) atoms. The zero-order valence-corrected chi connectivity index (χ0v) is 13.0. The number of hydrogen-bond acceptors (Lipinski definition) is 2. The first-order valence-corrected chi connectivity index (χ1v) is 7.82. The summed E-state index contributed by atoms with van der Waals surface area (Å²) in [5, 5.41) is 2.64. The van der Waals surface area contributed by atoms with Crippen LogP contribution in [0.1, 0.15) is 30.9 Å². The lowest BCUT2D eigenvalue weighted by Crippen LogP contribution is -1.99. The summed E-state index contributed by atoms with van der Waals surface area (Å²) >= 11 is 0. The Balaban J connectivity index is 1.67. The van der Waals surface area contributed by atoms with E-state index in [1.54, 1.807) is 0 Å². The van der Waals surface area contributed by atoms with Gasteiger partial charge in [0.1, 0.15) is 5.75 Å². The highest BCUT2D eigenvalue weighted by atomic mass is 16.5. The van der Waals surface area contributed by atoms with Crippen molar-refractivity contribution in [2.75, 3.05) is 11.9 Å². The number of anilines is 1. The number of nitrogens with one attached hydrogen (secondary N) is 1. The molecule has 3 nitrogen and oxygen atoms in total. The Morgan fingerprint density at radius 2 is 1.86 bits per heavy atom. The Hall–Kier alpha value is -2.29. The first-order chi connectivity index (χ1) is 10.8. The number of amides is 1. The second-order valence-corrected chi connectivity index (χ2v) is 5.27. The maximum atomic E-state index is 10.3. The summed E-state index contributed by atoms with van der Waals surface area (Å²) in [5.41, 5.74) is 3.42. The topological polar surface area (TPSA) is 38.3 Å². The predicted molar refractivity (Wildman–Crippen MR) is 90.4 cm³/mol. The molecule has 0 aliphatic heterocycles. The van der Waals surface area contributed by atoms with Crippen LogP contribution in [0.25, 0.3) is 0 Å². The zero-order valence-electron chi connectivity index (χ0n) is 13.0. The van der Waals surface area contributed by atoms with E-state index in [0.29, 0.717) is 6.41 Å². The van der Waals surface area contributed by atoms with E-state index in [4.69, 9.17) is 4.74 Å². The molecule has 2 rings (SSSR count). The smallest absolute Gasteiger partial charge is 0.211 e. The number of carbonyl (C=O) groups excluding carboxylic acids is 1. The van der Waals surface area contributed by atoms with Gasteiger partial charge in [0.25, 0.3) is 0 Å². The van der Waals surface area contributed by atoms with Crippen LogP contribution in [0.5, 0.6) is 5.75 Å². The maximum Gasteiger partial charge on any atom is 0.211 e. The van der Waals surface area contributed by atoms with E-state index in [2.05, 4.69) is 36.5 Å². The Labute approximate surface area is 132 Å². The summed E-state index contributed by atoms with van der Waals surface area (Å²) in [6.45, 7) is 2.90. The van der Waals surface area contributed by atoms with Crippen molar-refractivity contribution in [3.8, 4) is 5.75 Å². The van der Waals surface area contributed by atoms with E-state index in [-0.39, 0.29) is 0 Å². The summed E-state index contributed by atoms with van der Waals surface area (Å²) in [7, 11) is 0. The molecule has 0 saturated heterocycles. The van der Waals surface area contributed by atoms with E-state index < -0.39 is 0 Å². The average Bonchev–Trinajstić information content (AvgIpc) is 2.56. The molecule has 116 valence electrons. The monoisotopic (exact) mass is 297 g/mol. The molecular formula is C19H23NO2. The van der Waals surface area contributed by atoms with Crippen LogP contribution in [-0.4, -0.2) is 13.0 Å². The summed E-state index contributed by atoms with van der Waals surface area (Å²) in [6.07, 6.45) is 4.88. The number of rotatable bonds is 9. The van der Waals surface area contributed by atoms with Crippen molar-refractivity contribution in [3.05, 3.63) is 59.7 Å². The van der Waals surface area contributed by atoms with Gasteiger partial charge in [-0.15, -0.1) is 0 Å². The Morgan fingerprint density at radius 3 is 2.59 bits per heavy atom. The summed E-state index contributed by atoms with van der Waals surface area (Å²) in [6, 6.07) is 16.2. The number of unbranched alkanes of at least 4 members (excludes halogenated alkanes) is 1. The molecule has 2 aromatic carbocycles. The molecular weight excluding hydrogens is 274 g/mol. The fourth-order valence-corrected chi connectivity index (χ4v) is 2.31. The largest absolute Gasteiger partial charge is 0.494 e. The second kappa shape index (κ2) is 8.88. The third-order valence-corrected chi connectivity index (χ3v) is 3.61. The minimum Gasteiger partial charge on any atom is -0.494 e. The molecule has 0 aromatic heterocycles. The van der Waals surface area contributed by atoms with Crippen molar-refractivity contribution < 1.29 is 9.53 Å². The van der Waals surface area contributed by atoms with Crippen molar-refractivity contribution in [3.63, 3.8) is 0 Å². The third kappa shape index (κ3) is 5.24. The molecule has 0 radical (unpaired) electrons. The fourth-order valence-electron chi connectivity index (χ4n) is 2.31. The van der Waals surface area contributed by atoms with Crippen LogP contribution >= 0.6 is 0 Å². The van der Waals surface area contributed by atoms with Crippen LogP contribution in [-0.2, 0) is 17.6 Å². The molecule has 0 spiro atoms. The quantitative estimate of drug-likeness (QED) is 0.556. The normalized spacial score (nSPS) is 10.2. The number of ether oxygens (including phenoxy) is 1. The predicted octanol–water partition coefficient (Wildman–Crippen LogP) is 4.22. The average molecular weight is 297 g/mol. The summed E-state index contributed by atoms with van der Waals surface area (Å²) < 4.78 is 5.79. The minimum absolute atomic E-state index is 0.694. The Kier molecular flexibility index (Phi) is 6.49. The van der Waals surface area contributed by atoms with Gasteiger partial charge in [0, 0.05) is 5.69 Å². The van der Waals surface area contributed by atoms with E-state index in [1.807, 2.05) is 24.3 Å². The lowest BCUT2D eigenvalue weighted by molar-refractivity contribution is -0.105. The SMILES string of the molecule is CCc1cccc(OCCCCc2ccc(NC=O)cc2)c1. The third-order valence-electron chi connectivity index (χ3n) is 3.61. The number of benzene rings is 2. The molecule has 1 amide bonds. The molecule has 0 atom stereocenters. The molecule has 0 saturated carbocycles. The van der Waals surface area contributed by atoms with Gasteiger partial charge in [-0.25, -0.2) is 0 Å². The number of carbonyl (C=O) groups is 1. The van der Waals surface area contributed by atoms with Gasteiger partial charge in [-0.1, -0.05) is 31.2 Å². The van der Waals surface area contributed by atoms with Crippen LogP contribution in [0, 0.1) is 0 Å². The molecule has 0 bridgehead atoms. The van der Waals surface area contributed by atoms with Gasteiger partial charge in [0.15, 0.2) is 0 Å². The lowest BCUT2D eigenvalue weighted by atomic mass is 10.1. The molecule has 1 N–H and O–H groups in total. The molecule has 2 aromatic rings. The van der Waals surface area contributed by atoms with Crippen molar-refractivity contribution in [1.29, 1.82) is 0 Å². The highest BCUT2D eigenvalue weighted by Gasteiger charge is 1.98. The first-order valence-electron chi connectivity index (χ1n) is 7.82. The number of hydrogen-bond donors (Lipinski definition) is 1.